The topological polar surface area (TPSA) is 35.5 Å². The lowest BCUT2D eigenvalue weighted by Gasteiger charge is -2.28. The molecule has 1 aromatic carbocycles. The number of carbonyl (C=O) groups excluding carboxylic acids is 1. The Balaban J connectivity index is 1.77. The van der Waals surface area contributed by atoms with Gasteiger partial charge in [0.1, 0.15) is 11.9 Å². The molecule has 24 heavy (non-hydrogen) atoms. The standard InChI is InChI=1S/C21H30O3/c1-19(2,3)12-21(13-20(21,4)5)18(22)24-17-10-7-14-11-15(23-6)8-9-16(14)17/h8-9,11,17H,7,10,12-13H2,1-6H3. The molecule has 1 fully saturated rings. The summed E-state index contributed by atoms with van der Waals surface area (Å²) in [5.74, 6) is 0.865. The lowest BCUT2D eigenvalue weighted by Crippen LogP contribution is -2.29. The van der Waals surface area contributed by atoms with Crippen molar-refractivity contribution in [3.63, 3.8) is 0 Å². The number of rotatable bonds is 4. The Bertz CT molecular complexity index is 654. The first-order valence-electron chi connectivity index (χ1n) is 8.96. The molecule has 0 bridgehead atoms. The summed E-state index contributed by atoms with van der Waals surface area (Å²) in [4.78, 5) is 13.1. The van der Waals surface area contributed by atoms with E-state index in [1.807, 2.05) is 12.1 Å². The Morgan fingerprint density at radius 3 is 2.50 bits per heavy atom. The zero-order valence-electron chi connectivity index (χ0n) is 15.9. The first-order valence-corrected chi connectivity index (χ1v) is 8.96. The second kappa shape index (κ2) is 5.50. The number of esters is 1. The number of hydrogen-bond acceptors (Lipinski definition) is 3. The van der Waals surface area contributed by atoms with Gasteiger partial charge in [-0.3, -0.25) is 4.79 Å². The zero-order valence-corrected chi connectivity index (χ0v) is 15.9. The largest absolute Gasteiger partial charge is 0.497 e. The molecule has 0 saturated heterocycles. The highest BCUT2D eigenvalue weighted by atomic mass is 16.5. The fraction of sp³-hybridized carbons (Fsp3) is 0.667. The van der Waals surface area contributed by atoms with Crippen LogP contribution in [0.4, 0.5) is 0 Å². The molecule has 2 atom stereocenters. The van der Waals surface area contributed by atoms with Crippen molar-refractivity contribution in [1.82, 2.24) is 0 Å². The third-order valence-corrected chi connectivity index (χ3v) is 5.76. The van der Waals surface area contributed by atoms with E-state index in [4.69, 9.17) is 9.47 Å². The summed E-state index contributed by atoms with van der Waals surface area (Å²) in [7, 11) is 1.68. The number of methoxy groups -OCH3 is 1. The molecule has 1 aromatic rings. The molecule has 3 heteroatoms. The number of fused-ring (bicyclic) bond motifs is 1. The van der Waals surface area contributed by atoms with Crippen molar-refractivity contribution < 1.29 is 14.3 Å². The highest BCUT2D eigenvalue weighted by Gasteiger charge is 2.68. The molecule has 3 nitrogen and oxygen atoms in total. The molecule has 0 aromatic heterocycles. The van der Waals surface area contributed by atoms with Crippen molar-refractivity contribution in [3.8, 4) is 5.75 Å². The van der Waals surface area contributed by atoms with E-state index in [1.54, 1.807) is 7.11 Å². The van der Waals surface area contributed by atoms with Crippen LogP contribution in [0.3, 0.4) is 0 Å². The van der Waals surface area contributed by atoms with E-state index >= 15 is 0 Å². The molecule has 3 rings (SSSR count). The van der Waals surface area contributed by atoms with E-state index in [9.17, 15) is 4.79 Å². The van der Waals surface area contributed by atoms with Crippen molar-refractivity contribution in [3.05, 3.63) is 29.3 Å². The van der Waals surface area contributed by atoms with Crippen molar-refractivity contribution >= 4 is 5.97 Å². The molecule has 2 aliphatic rings. The van der Waals surface area contributed by atoms with Gasteiger partial charge in [-0.25, -0.2) is 0 Å². The first-order chi connectivity index (χ1) is 11.1. The van der Waals surface area contributed by atoms with Crippen LogP contribution in [0.15, 0.2) is 18.2 Å². The Morgan fingerprint density at radius 2 is 1.96 bits per heavy atom. The summed E-state index contributed by atoms with van der Waals surface area (Å²) in [5, 5.41) is 0. The van der Waals surface area contributed by atoms with E-state index < -0.39 is 0 Å². The van der Waals surface area contributed by atoms with Crippen molar-refractivity contribution in [2.45, 2.75) is 66.4 Å². The maximum Gasteiger partial charge on any atom is 0.313 e. The molecule has 1 saturated carbocycles. The van der Waals surface area contributed by atoms with Crippen molar-refractivity contribution in [2.24, 2.45) is 16.2 Å². The number of benzene rings is 1. The van der Waals surface area contributed by atoms with E-state index in [-0.39, 0.29) is 28.3 Å². The van der Waals surface area contributed by atoms with Gasteiger partial charge in [-0.2, -0.15) is 0 Å². The molecule has 2 aliphatic carbocycles. The summed E-state index contributed by atoms with van der Waals surface area (Å²) in [6.45, 7) is 11.0. The van der Waals surface area contributed by atoms with E-state index in [0.29, 0.717) is 0 Å². The molecule has 0 heterocycles. The molecule has 0 amide bonds. The Labute approximate surface area is 145 Å². The Kier molecular flexibility index (Phi) is 3.97. The summed E-state index contributed by atoms with van der Waals surface area (Å²) in [5.41, 5.74) is 2.23. The van der Waals surface area contributed by atoms with Crippen LogP contribution in [0.1, 0.15) is 71.1 Å². The average molecular weight is 330 g/mol. The lowest BCUT2D eigenvalue weighted by atomic mass is 9.79. The van der Waals surface area contributed by atoms with Gasteiger partial charge in [0.05, 0.1) is 12.5 Å². The maximum absolute atomic E-state index is 13.1. The third-order valence-electron chi connectivity index (χ3n) is 5.76. The van der Waals surface area contributed by atoms with E-state index in [0.717, 1.165) is 37.0 Å². The molecular formula is C21H30O3. The van der Waals surface area contributed by atoms with Crippen LogP contribution in [-0.2, 0) is 16.0 Å². The summed E-state index contributed by atoms with van der Waals surface area (Å²) >= 11 is 0. The van der Waals surface area contributed by atoms with E-state index in [2.05, 4.69) is 40.7 Å². The summed E-state index contributed by atoms with van der Waals surface area (Å²) in [6.07, 6.45) is 3.53. The van der Waals surface area contributed by atoms with Crippen LogP contribution in [-0.4, -0.2) is 13.1 Å². The second-order valence-corrected chi connectivity index (χ2v) is 9.38. The molecule has 132 valence electrons. The molecular weight excluding hydrogens is 300 g/mol. The highest BCUT2D eigenvalue weighted by molar-refractivity contribution is 5.82. The third kappa shape index (κ3) is 2.94. The normalized spacial score (nSPS) is 27.5. The van der Waals surface area contributed by atoms with Gasteiger partial charge >= 0.3 is 5.97 Å². The summed E-state index contributed by atoms with van der Waals surface area (Å²) < 4.78 is 11.3. The average Bonchev–Trinajstić information content (AvgIpc) is 2.84. The van der Waals surface area contributed by atoms with Gasteiger partial charge in [0.25, 0.3) is 0 Å². The molecule has 0 aliphatic heterocycles. The zero-order chi connectivity index (χ0) is 17.8. The van der Waals surface area contributed by atoms with Crippen LogP contribution in [0.2, 0.25) is 0 Å². The first kappa shape index (κ1) is 17.3. The fourth-order valence-electron chi connectivity index (χ4n) is 4.38. The minimum absolute atomic E-state index is 0.00362. The minimum atomic E-state index is -0.319. The van der Waals surface area contributed by atoms with Crippen LogP contribution in [0.25, 0.3) is 0 Å². The monoisotopic (exact) mass is 330 g/mol. The molecule has 0 spiro atoms. The predicted octanol–water partition coefficient (Wildman–Crippen LogP) is 5.08. The van der Waals surface area contributed by atoms with Gasteiger partial charge < -0.3 is 9.47 Å². The molecule has 2 unspecified atom stereocenters. The molecule has 0 radical (unpaired) electrons. The fourth-order valence-corrected chi connectivity index (χ4v) is 4.38. The number of aryl methyl sites for hydroxylation is 1. The van der Waals surface area contributed by atoms with Crippen LogP contribution < -0.4 is 4.74 Å². The second-order valence-electron chi connectivity index (χ2n) is 9.38. The SMILES string of the molecule is COc1ccc2c(c1)CCC2OC(=O)C1(CC(C)(C)C)CC1(C)C. The predicted molar refractivity (Wildman–Crippen MR) is 95.1 cm³/mol. The van der Waals surface area contributed by atoms with Gasteiger partial charge in [-0.15, -0.1) is 0 Å². The van der Waals surface area contributed by atoms with Gasteiger partial charge in [0.2, 0.25) is 0 Å². The Hall–Kier alpha value is -1.51. The van der Waals surface area contributed by atoms with Crippen LogP contribution in [0, 0.1) is 16.2 Å². The number of carbonyl (C=O) groups is 1. The van der Waals surface area contributed by atoms with Crippen molar-refractivity contribution in [2.75, 3.05) is 7.11 Å². The van der Waals surface area contributed by atoms with Gasteiger partial charge in [0, 0.05) is 0 Å². The molecule has 0 N–H and O–H groups in total. The quantitative estimate of drug-likeness (QED) is 0.722. The van der Waals surface area contributed by atoms with Gasteiger partial charge in [-0.1, -0.05) is 40.7 Å². The van der Waals surface area contributed by atoms with Crippen molar-refractivity contribution in [1.29, 1.82) is 0 Å². The van der Waals surface area contributed by atoms with Crippen LogP contribution >= 0.6 is 0 Å². The maximum atomic E-state index is 13.1. The number of ether oxygens (including phenoxy) is 2. The summed E-state index contributed by atoms with van der Waals surface area (Å²) in [6, 6.07) is 6.07. The van der Waals surface area contributed by atoms with Crippen LogP contribution in [0.5, 0.6) is 5.75 Å². The Morgan fingerprint density at radius 1 is 1.29 bits per heavy atom. The van der Waals surface area contributed by atoms with Gasteiger partial charge in [-0.05, 0) is 59.8 Å². The number of hydrogen-bond donors (Lipinski definition) is 0. The minimum Gasteiger partial charge on any atom is -0.497 e. The smallest absolute Gasteiger partial charge is 0.313 e. The highest BCUT2D eigenvalue weighted by Crippen LogP contribution is 2.68. The van der Waals surface area contributed by atoms with Gasteiger partial charge in [0.15, 0.2) is 0 Å². The lowest BCUT2D eigenvalue weighted by molar-refractivity contribution is -0.159. The van der Waals surface area contributed by atoms with E-state index in [1.165, 1.54) is 5.56 Å².